The largest absolute Gasteiger partial charge is 0.457 e. The molecule has 0 rings (SSSR count). The molecule has 0 aliphatic heterocycles. The summed E-state index contributed by atoms with van der Waals surface area (Å²) >= 11 is 0. The number of carbonyl (C=O) groups excluding carboxylic acids is 1. The van der Waals surface area contributed by atoms with Gasteiger partial charge in [-0.15, -0.1) is 0 Å². The van der Waals surface area contributed by atoms with Crippen LogP contribution in [0.15, 0.2) is 25.2 Å². The summed E-state index contributed by atoms with van der Waals surface area (Å²) in [6.45, 7) is 13.9. The third kappa shape index (κ3) is 5.97. The van der Waals surface area contributed by atoms with Crippen LogP contribution in [0.3, 0.4) is 0 Å². The Bertz CT molecular complexity index is 285. The van der Waals surface area contributed by atoms with Gasteiger partial charge in [0, 0.05) is 6.92 Å². The lowest BCUT2D eigenvalue weighted by Crippen LogP contribution is -2.35. The summed E-state index contributed by atoms with van der Waals surface area (Å²) in [5.74, 6) is -2.26. The zero-order chi connectivity index (χ0) is 13.5. The lowest BCUT2D eigenvalue weighted by molar-refractivity contribution is -0.332. The summed E-state index contributed by atoms with van der Waals surface area (Å²) in [6.07, 6.45) is 0.915. The summed E-state index contributed by atoms with van der Waals surface area (Å²) in [6, 6.07) is 0. The molecule has 1 unspecified atom stereocenters. The number of rotatable bonds is 8. The summed E-state index contributed by atoms with van der Waals surface area (Å²) in [4.78, 5) is 11.5. The van der Waals surface area contributed by atoms with Gasteiger partial charge in [0.15, 0.2) is 0 Å². The maximum absolute atomic E-state index is 11.5. The van der Waals surface area contributed by atoms with Gasteiger partial charge in [0.1, 0.15) is 0 Å². The highest BCUT2D eigenvalue weighted by atomic mass is 16.9. The van der Waals surface area contributed by atoms with Gasteiger partial charge in [-0.1, -0.05) is 6.58 Å². The second-order valence-electron chi connectivity index (χ2n) is 3.56. The molecule has 0 aromatic heterocycles. The Labute approximate surface area is 102 Å². The summed E-state index contributed by atoms with van der Waals surface area (Å²) < 4.78 is 20.4. The molecule has 5 nitrogen and oxygen atoms in total. The quantitative estimate of drug-likeness (QED) is 0.284. The van der Waals surface area contributed by atoms with Crippen LogP contribution >= 0.6 is 0 Å². The molecule has 0 saturated carbocycles. The minimum atomic E-state index is -1.43. The molecule has 98 valence electrons. The molecule has 0 fully saturated rings. The van der Waals surface area contributed by atoms with Crippen molar-refractivity contribution < 1.29 is 23.7 Å². The molecule has 0 aliphatic rings. The van der Waals surface area contributed by atoms with Gasteiger partial charge in [-0.3, -0.25) is 0 Å². The van der Waals surface area contributed by atoms with E-state index in [0.29, 0.717) is 6.61 Å². The van der Waals surface area contributed by atoms with E-state index in [9.17, 15) is 4.79 Å². The first-order chi connectivity index (χ1) is 7.84. The normalized spacial score (nSPS) is 13.7. The molecule has 0 heterocycles. The van der Waals surface area contributed by atoms with E-state index >= 15 is 0 Å². The van der Waals surface area contributed by atoms with Gasteiger partial charge in [-0.05, 0) is 27.4 Å². The van der Waals surface area contributed by atoms with Gasteiger partial charge < -0.3 is 18.9 Å². The van der Waals surface area contributed by atoms with E-state index in [1.807, 2.05) is 0 Å². The zero-order valence-electron chi connectivity index (χ0n) is 10.8. The molecule has 0 spiro atoms. The van der Waals surface area contributed by atoms with Gasteiger partial charge >= 0.3 is 11.9 Å². The van der Waals surface area contributed by atoms with Crippen LogP contribution in [-0.2, 0) is 23.7 Å². The van der Waals surface area contributed by atoms with Crippen LogP contribution in [0.1, 0.15) is 27.7 Å². The molecule has 17 heavy (non-hydrogen) atoms. The Kier molecular flexibility index (Phi) is 6.35. The molecule has 0 aromatic rings. The summed E-state index contributed by atoms with van der Waals surface area (Å²) in [5.41, 5.74) is 0. The molecule has 0 amide bonds. The highest BCUT2D eigenvalue weighted by molar-refractivity contribution is 5.85. The van der Waals surface area contributed by atoms with E-state index in [1.54, 1.807) is 20.8 Å². The van der Waals surface area contributed by atoms with E-state index < -0.39 is 11.9 Å². The fourth-order valence-electron chi connectivity index (χ4n) is 1.05. The predicted octanol–water partition coefficient (Wildman–Crippen LogP) is 2.34. The molecule has 0 aliphatic carbocycles. The molecule has 0 bridgehead atoms. The Morgan fingerprint density at radius 3 is 2.47 bits per heavy atom. The first-order valence-electron chi connectivity index (χ1n) is 5.36. The zero-order valence-corrected chi connectivity index (χ0v) is 10.8. The van der Waals surface area contributed by atoms with Crippen molar-refractivity contribution in [3.8, 4) is 0 Å². The fourth-order valence-corrected chi connectivity index (χ4v) is 1.05. The maximum atomic E-state index is 11.5. The maximum Gasteiger partial charge on any atom is 0.373 e. The minimum absolute atomic E-state index is 0.184. The van der Waals surface area contributed by atoms with Crippen LogP contribution in [0.25, 0.3) is 0 Å². The topological polar surface area (TPSA) is 54.0 Å². The highest BCUT2D eigenvalue weighted by Crippen LogP contribution is 2.19. The smallest absolute Gasteiger partial charge is 0.373 e. The van der Waals surface area contributed by atoms with Gasteiger partial charge in [-0.2, -0.15) is 0 Å². The molecular weight excluding hydrogens is 224 g/mol. The third-order valence-corrected chi connectivity index (χ3v) is 1.58. The number of hydrogen-bond acceptors (Lipinski definition) is 5. The Balaban J connectivity index is 4.49. The van der Waals surface area contributed by atoms with Crippen LogP contribution in [0, 0.1) is 0 Å². The second kappa shape index (κ2) is 6.96. The van der Waals surface area contributed by atoms with E-state index in [4.69, 9.17) is 18.9 Å². The second-order valence-corrected chi connectivity index (χ2v) is 3.56. The molecule has 0 N–H and O–H groups in total. The number of hydrogen-bond donors (Lipinski definition) is 0. The SMILES string of the molecule is C=COC(C)(OCC)OC(=C)C(=O)OC(C)C. The van der Waals surface area contributed by atoms with Crippen molar-refractivity contribution in [2.45, 2.75) is 39.8 Å². The standard InChI is InChI=1S/C12H20O5/c1-7-14-12(6,15-8-2)17-10(5)11(13)16-9(3)4/h7,9H,1,5,8H2,2-4,6H3. The lowest BCUT2D eigenvalue weighted by atomic mass is 10.4. The van der Waals surface area contributed by atoms with Crippen LogP contribution in [0.4, 0.5) is 0 Å². The van der Waals surface area contributed by atoms with Crippen LogP contribution in [-0.4, -0.2) is 24.7 Å². The molecule has 1 atom stereocenters. The van der Waals surface area contributed by atoms with Crippen molar-refractivity contribution >= 4 is 5.97 Å². The van der Waals surface area contributed by atoms with Crippen molar-refractivity contribution in [3.05, 3.63) is 25.2 Å². The van der Waals surface area contributed by atoms with Crippen molar-refractivity contribution in [3.63, 3.8) is 0 Å². The molecular formula is C12H20O5. The van der Waals surface area contributed by atoms with Crippen LogP contribution < -0.4 is 0 Å². The highest BCUT2D eigenvalue weighted by Gasteiger charge is 2.31. The monoisotopic (exact) mass is 244 g/mol. The van der Waals surface area contributed by atoms with Crippen molar-refractivity contribution in [2.24, 2.45) is 0 Å². The number of ether oxygens (including phenoxy) is 4. The van der Waals surface area contributed by atoms with E-state index in [2.05, 4.69) is 13.2 Å². The van der Waals surface area contributed by atoms with E-state index in [0.717, 1.165) is 6.26 Å². The first-order valence-corrected chi connectivity index (χ1v) is 5.36. The Hall–Kier alpha value is -1.49. The molecule has 0 aromatic carbocycles. The molecule has 5 heteroatoms. The summed E-state index contributed by atoms with van der Waals surface area (Å²) in [5, 5.41) is 0. The van der Waals surface area contributed by atoms with Crippen molar-refractivity contribution in [1.29, 1.82) is 0 Å². The average molecular weight is 244 g/mol. The summed E-state index contributed by atoms with van der Waals surface area (Å²) in [7, 11) is 0. The average Bonchev–Trinajstić information content (AvgIpc) is 2.16. The van der Waals surface area contributed by atoms with Gasteiger partial charge in [0.2, 0.25) is 5.76 Å². The van der Waals surface area contributed by atoms with E-state index in [-0.39, 0.29) is 11.9 Å². The fraction of sp³-hybridized carbons (Fsp3) is 0.583. The van der Waals surface area contributed by atoms with Crippen molar-refractivity contribution in [2.75, 3.05) is 6.61 Å². The number of carbonyl (C=O) groups is 1. The van der Waals surface area contributed by atoms with Crippen molar-refractivity contribution in [1.82, 2.24) is 0 Å². The third-order valence-electron chi connectivity index (χ3n) is 1.58. The Morgan fingerprint density at radius 2 is 2.06 bits per heavy atom. The van der Waals surface area contributed by atoms with Gasteiger partial charge in [0.05, 0.1) is 19.0 Å². The predicted molar refractivity (Wildman–Crippen MR) is 62.8 cm³/mol. The van der Waals surface area contributed by atoms with E-state index in [1.165, 1.54) is 6.92 Å². The Morgan fingerprint density at radius 1 is 1.47 bits per heavy atom. The molecule has 0 saturated heterocycles. The number of esters is 1. The van der Waals surface area contributed by atoms with Gasteiger partial charge in [-0.25, -0.2) is 4.79 Å². The minimum Gasteiger partial charge on any atom is -0.457 e. The van der Waals surface area contributed by atoms with Gasteiger partial charge in [0.25, 0.3) is 0 Å². The first kappa shape index (κ1) is 15.5. The lowest BCUT2D eigenvalue weighted by Gasteiger charge is -2.28. The van der Waals surface area contributed by atoms with Crippen LogP contribution in [0.2, 0.25) is 0 Å². The van der Waals surface area contributed by atoms with Crippen LogP contribution in [0.5, 0.6) is 0 Å². The molecule has 0 radical (unpaired) electrons.